The van der Waals surface area contributed by atoms with Crippen LogP contribution in [-0.2, 0) is 6.61 Å². The number of aromatic nitrogens is 2. The molecular formula is C22H16ClN3O5. The average Bonchev–Trinajstić information content (AvgIpc) is 3.29. The molecule has 9 heteroatoms. The van der Waals surface area contributed by atoms with E-state index in [4.69, 9.17) is 25.6 Å². The fourth-order valence-corrected chi connectivity index (χ4v) is 3.03. The van der Waals surface area contributed by atoms with Crippen molar-refractivity contribution in [3.8, 4) is 34.3 Å². The summed E-state index contributed by atoms with van der Waals surface area (Å²) in [5.74, 6) is 1.98. The molecule has 8 nitrogen and oxygen atoms in total. The third-order valence-electron chi connectivity index (χ3n) is 4.50. The Morgan fingerprint density at radius 2 is 1.74 bits per heavy atom. The fourth-order valence-electron chi connectivity index (χ4n) is 2.91. The molecule has 156 valence electrons. The highest BCUT2D eigenvalue weighted by Crippen LogP contribution is 2.29. The van der Waals surface area contributed by atoms with E-state index in [1.54, 1.807) is 55.6 Å². The van der Waals surface area contributed by atoms with Crippen LogP contribution in [-0.4, -0.2) is 22.2 Å². The molecule has 0 fully saturated rings. The van der Waals surface area contributed by atoms with Gasteiger partial charge >= 0.3 is 0 Å². The SMILES string of the molecule is COc1ccc(-c2nc(-c3ccc([N+](=O)[O-])cc3)no2)cc1COc1ccc(Cl)cc1. The molecular weight excluding hydrogens is 422 g/mol. The molecule has 0 spiro atoms. The van der Waals surface area contributed by atoms with Crippen molar-refractivity contribution in [1.29, 1.82) is 0 Å². The predicted molar refractivity (Wildman–Crippen MR) is 114 cm³/mol. The van der Waals surface area contributed by atoms with Crippen molar-refractivity contribution in [1.82, 2.24) is 10.1 Å². The molecule has 1 aromatic heterocycles. The molecule has 4 aromatic rings. The van der Waals surface area contributed by atoms with Crippen LogP contribution < -0.4 is 9.47 Å². The van der Waals surface area contributed by atoms with Gasteiger partial charge in [-0.25, -0.2) is 0 Å². The standard InChI is InChI=1S/C22H16ClN3O5/c1-29-20-11-4-15(12-16(20)13-30-19-9-5-17(23)6-10-19)22-24-21(25-31-22)14-2-7-18(8-3-14)26(27)28/h2-12H,13H2,1H3. The van der Waals surface area contributed by atoms with Crippen LogP contribution in [0.1, 0.15) is 5.56 Å². The summed E-state index contributed by atoms with van der Waals surface area (Å²) in [5, 5.41) is 15.4. The number of nitro groups is 1. The molecule has 0 aliphatic carbocycles. The van der Waals surface area contributed by atoms with Crippen LogP contribution in [0.2, 0.25) is 5.02 Å². The maximum atomic E-state index is 10.8. The lowest BCUT2D eigenvalue weighted by molar-refractivity contribution is -0.384. The Kier molecular flexibility index (Phi) is 5.81. The van der Waals surface area contributed by atoms with Gasteiger partial charge < -0.3 is 14.0 Å². The van der Waals surface area contributed by atoms with E-state index in [9.17, 15) is 10.1 Å². The Hall–Kier alpha value is -3.91. The van der Waals surface area contributed by atoms with Gasteiger partial charge in [0.05, 0.1) is 12.0 Å². The molecule has 3 aromatic carbocycles. The minimum Gasteiger partial charge on any atom is -0.496 e. The van der Waals surface area contributed by atoms with Crippen LogP contribution >= 0.6 is 11.6 Å². The Morgan fingerprint density at radius 3 is 2.42 bits per heavy atom. The third kappa shape index (κ3) is 4.65. The van der Waals surface area contributed by atoms with Crippen molar-refractivity contribution >= 4 is 17.3 Å². The fraction of sp³-hybridized carbons (Fsp3) is 0.0909. The zero-order valence-electron chi connectivity index (χ0n) is 16.3. The van der Waals surface area contributed by atoms with Gasteiger partial charge in [-0.3, -0.25) is 10.1 Å². The highest BCUT2D eigenvalue weighted by Gasteiger charge is 2.15. The first-order valence-electron chi connectivity index (χ1n) is 9.17. The number of nitrogens with zero attached hydrogens (tertiary/aromatic N) is 3. The summed E-state index contributed by atoms with van der Waals surface area (Å²) in [6.45, 7) is 0.266. The molecule has 0 atom stereocenters. The molecule has 0 radical (unpaired) electrons. The van der Waals surface area contributed by atoms with Crippen molar-refractivity contribution in [2.24, 2.45) is 0 Å². The van der Waals surface area contributed by atoms with Crippen molar-refractivity contribution in [2.75, 3.05) is 7.11 Å². The highest BCUT2D eigenvalue weighted by atomic mass is 35.5. The molecule has 0 bridgehead atoms. The Labute approximate surface area is 182 Å². The molecule has 0 N–H and O–H groups in total. The molecule has 1 heterocycles. The van der Waals surface area contributed by atoms with E-state index in [1.165, 1.54) is 12.1 Å². The molecule has 0 amide bonds. The van der Waals surface area contributed by atoms with Gasteiger partial charge in [-0.2, -0.15) is 4.98 Å². The molecule has 0 aliphatic heterocycles. The van der Waals surface area contributed by atoms with Crippen LogP contribution in [0, 0.1) is 10.1 Å². The van der Waals surface area contributed by atoms with Crippen molar-refractivity contribution in [3.05, 3.63) is 87.4 Å². The van der Waals surface area contributed by atoms with E-state index >= 15 is 0 Å². The average molecular weight is 438 g/mol. The van der Waals surface area contributed by atoms with Crippen LogP contribution in [0.3, 0.4) is 0 Å². The molecule has 0 saturated heterocycles. The first kappa shape index (κ1) is 20.4. The predicted octanol–water partition coefficient (Wildman–Crippen LogP) is 5.55. The zero-order valence-corrected chi connectivity index (χ0v) is 17.1. The molecule has 4 rings (SSSR count). The number of non-ortho nitro benzene ring substituents is 1. The summed E-state index contributed by atoms with van der Waals surface area (Å²) < 4.78 is 16.6. The number of nitro benzene ring substituents is 1. The number of hydrogen-bond donors (Lipinski definition) is 0. The smallest absolute Gasteiger partial charge is 0.269 e. The number of rotatable bonds is 7. The van der Waals surface area contributed by atoms with Crippen molar-refractivity contribution in [3.63, 3.8) is 0 Å². The summed E-state index contributed by atoms with van der Waals surface area (Å²) in [4.78, 5) is 14.8. The number of hydrogen-bond acceptors (Lipinski definition) is 7. The summed E-state index contributed by atoms with van der Waals surface area (Å²) in [7, 11) is 1.58. The van der Waals surface area contributed by atoms with Gasteiger partial charge in [-0.05, 0) is 54.6 Å². The van der Waals surface area contributed by atoms with Crippen LogP contribution in [0.5, 0.6) is 11.5 Å². The van der Waals surface area contributed by atoms with Gasteiger partial charge in [-0.15, -0.1) is 0 Å². The zero-order chi connectivity index (χ0) is 21.8. The molecule has 0 aliphatic rings. The lowest BCUT2D eigenvalue weighted by atomic mass is 10.1. The number of methoxy groups -OCH3 is 1. The normalized spacial score (nSPS) is 10.6. The summed E-state index contributed by atoms with van der Waals surface area (Å²) in [6.07, 6.45) is 0. The van der Waals surface area contributed by atoms with Crippen LogP contribution in [0.25, 0.3) is 22.8 Å². The number of ether oxygens (including phenoxy) is 2. The van der Waals surface area contributed by atoms with Crippen molar-refractivity contribution in [2.45, 2.75) is 6.61 Å². The lowest BCUT2D eigenvalue weighted by Crippen LogP contribution is -1.99. The van der Waals surface area contributed by atoms with Gasteiger partial charge in [0.25, 0.3) is 11.6 Å². The minimum absolute atomic E-state index is 0.00653. The monoisotopic (exact) mass is 437 g/mol. The van der Waals surface area contributed by atoms with E-state index in [-0.39, 0.29) is 12.3 Å². The Bertz CT molecular complexity index is 1210. The quantitative estimate of drug-likeness (QED) is 0.276. The topological polar surface area (TPSA) is 101 Å². The first-order valence-corrected chi connectivity index (χ1v) is 9.55. The van der Waals surface area contributed by atoms with E-state index < -0.39 is 4.92 Å². The largest absolute Gasteiger partial charge is 0.496 e. The second-order valence-electron chi connectivity index (χ2n) is 6.50. The van der Waals surface area contributed by atoms with Gasteiger partial charge in [0, 0.05) is 33.8 Å². The summed E-state index contributed by atoms with van der Waals surface area (Å²) in [5.41, 5.74) is 2.09. The Morgan fingerprint density at radius 1 is 1.03 bits per heavy atom. The van der Waals surface area contributed by atoms with Gasteiger partial charge in [0.1, 0.15) is 18.1 Å². The first-order chi connectivity index (χ1) is 15.0. The molecule has 0 unspecified atom stereocenters. The summed E-state index contributed by atoms with van der Waals surface area (Å²) >= 11 is 5.90. The lowest BCUT2D eigenvalue weighted by Gasteiger charge is -2.11. The van der Waals surface area contributed by atoms with Crippen LogP contribution in [0.4, 0.5) is 5.69 Å². The van der Waals surface area contributed by atoms with Gasteiger partial charge in [-0.1, -0.05) is 16.8 Å². The van der Waals surface area contributed by atoms with E-state index in [0.29, 0.717) is 39.4 Å². The minimum atomic E-state index is -0.462. The Balaban J connectivity index is 1.56. The second kappa shape index (κ2) is 8.85. The van der Waals surface area contributed by atoms with Crippen LogP contribution in [0.15, 0.2) is 71.3 Å². The maximum Gasteiger partial charge on any atom is 0.269 e. The molecule has 31 heavy (non-hydrogen) atoms. The third-order valence-corrected chi connectivity index (χ3v) is 4.75. The summed E-state index contributed by atoms with van der Waals surface area (Å²) in [6, 6.07) is 18.5. The van der Waals surface area contributed by atoms with Gasteiger partial charge in [0.2, 0.25) is 5.82 Å². The van der Waals surface area contributed by atoms with Gasteiger partial charge in [0.15, 0.2) is 0 Å². The second-order valence-corrected chi connectivity index (χ2v) is 6.93. The molecule has 0 saturated carbocycles. The highest BCUT2D eigenvalue weighted by molar-refractivity contribution is 6.30. The van der Waals surface area contributed by atoms with E-state index in [0.717, 1.165) is 5.56 Å². The number of benzene rings is 3. The number of halogens is 1. The maximum absolute atomic E-state index is 10.8. The van der Waals surface area contributed by atoms with E-state index in [1.807, 2.05) is 6.07 Å². The van der Waals surface area contributed by atoms with Crippen molar-refractivity contribution < 1.29 is 18.9 Å². The van der Waals surface area contributed by atoms with E-state index in [2.05, 4.69) is 10.1 Å².